The fourth-order valence-corrected chi connectivity index (χ4v) is 6.36. The van der Waals surface area contributed by atoms with Crippen molar-refractivity contribution < 1.29 is 17.0 Å². The molecule has 1 N–H and O–H groups in total. The Morgan fingerprint density at radius 3 is 2.20 bits per heavy atom. The second-order valence-corrected chi connectivity index (χ2v) is 11.7. The molecule has 0 aliphatic carbocycles. The molecule has 5 rings (SSSR count). The van der Waals surface area contributed by atoms with E-state index in [1.54, 1.807) is 18.2 Å². The molecule has 6 nitrogen and oxygen atoms in total. The Bertz CT molecular complexity index is 1820. The first-order chi connectivity index (χ1) is 19.0. The quantitative estimate of drug-likeness (QED) is 0.255. The summed E-state index contributed by atoms with van der Waals surface area (Å²) in [6.07, 6.45) is 1.89. The van der Waals surface area contributed by atoms with E-state index in [2.05, 4.69) is 9.71 Å². The van der Waals surface area contributed by atoms with Crippen LogP contribution in [0.15, 0.2) is 100 Å². The van der Waals surface area contributed by atoms with Crippen LogP contribution in [-0.2, 0) is 10.0 Å². The smallest absolute Gasteiger partial charge is 0.377 e. The zero-order valence-corrected chi connectivity index (χ0v) is 23.7. The molecule has 0 unspecified atom stereocenters. The minimum atomic E-state index is -4.24. The molecule has 1 aromatic heterocycles. The number of aliphatic imine (C=N–C) groups is 1. The summed E-state index contributed by atoms with van der Waals surface area (Å²) < 4.78 is 60.0. The Balaban J connectivity index is 1.66. The third kappa shape index (κ3) is 4.95. The summed E-state index contributed by atoms with van der Waals surface area (Å²) in [4.78, 5) is 6.53. The summed E-state index contributed by atoms with van der Waals surface area (Å²) in [6, 6.07) is 20.8. The lowest BCUT2D eigenvalue weighted by Crippen LogP contribution is -2.23. The number of nitrogens with zero attached hydrogens (tertiary/aromatic N) is 3. The van der Waals surface area contributed by atoms with Gasteiger partial charge in [0, 0.05) is 47.5 Å². The monoisotopic (exact) mass is 558 g/mol. The number of aryl methyl sites for hydroxylation is 1. The van der Waals surface area contributed by atoms with Gasteiger partial charge >= 0.3 is 7.40 Å². The number of sulfonamides is 1. The van der Waals surface area contributed by atoms with Crippen molar-refractivity contribution in [3.63, 3.8) is 0 Å². The van der Waals surface area contributed by atoms with Crippen LogP contribution in [-0.4, -0.2) is 40.1 Å². The number of hydrogen-bond donors (Lipinski definition) is 1. The Kier molecular flexibility index (Phi) is 7.14. The standard InChI is InChI=1S/C30H29BF2N4O2S/c1-19-12-14-22(15-13-19)29(30-20(2)18-21(3)34-30)26-16-17-28(37(26)31(32)33)35-40(38,39)27-11-7-8-23-24(27)9-6-10-25(23)36(4)5/h6-18,35H,1-5H3/b30-29-. The van der Waals surface area contributed by atoms with Gasteiger partial charge in [0.05, 0.1) is 10.6 Å². The summed E-state index contributed by atoms with van der Waals surface area (Å²) in [5.74, 6) is -0.240. The molecular formula is C30H29BF2N4O2S. The fourth-order valence-electron chi connectivity index (χ4n) is 5.08. The van der Waals surface area contributed by atoms with Crippen molar-refractivity contribution in [1.29, 1.82) is 0 Å². The van der Waals surface area contributed by atoms with E-state index in [1.165, 1.54) is 18.2 Å². The lowest BCUT2D eigenvalue weighted by atomic mass is 9.96. The van der Waals surface area contributed by atoms with E-state index in [0.717, 1.165) is 27.9 Å². The van der Waals surface area contributed by atoms with E-state index in [0.29, 0.717) is 26.7 Å². The van der Waals surface area contributed by atoms with Gasteiger partial charge in [-0.15, -0.1) is 0 Å². The second-order valence-electron chi connectivity index (χ2n) is 10.0. The second kappa shape index (κ2) is 10.4. The topological polar surface area (TPSA) is 66.7 Å². The molecule has 1 aliphatic heterocycles. The molecular weight excluding hydrogens is 529 g/mol. The molecule has 0 saturated heterocycles. The average Bonchev–Trinajstić information content (AvgIpc) is 3.46. The Morgan fingerprint density at radius 2 is 1.57 bits per heavy atom. The number of nitrogens with one attached hydrogen (secondary N) is 1. The normalized spacial score (nSPS) is 14.7. The molecule has 0 spiro atoms. The van der Waals surface area contributed by atoms with Crippen LogP contribution in [0.25, 0.3) is 16.3 Å². The fraction of sp³-hybridized carbons (Fsp3) is 0.167. The largest absolute Gasteiger partial charge is 0.679 e. The highest BCUT2D eigenvalue weighted by atomic mass is 32.2. The summed E-state index contributed by atoms with van der Waals surface area (Å²) in [6.45, 7) is 5.68. The van der Waals surface area contributed by atoms with Crippen LogP contribution in [0.1, 0.15) is 30.7 Å². The maximum absolute atomic E-state index is 14.7. The first-order valence-corrected chi connectivity index (χ1v) is 14.2. The number of aromatic nitrogens is 1. The molecule has 0 saturated carbocycles. The van der Waals surface area contributed by atoms with E-state index in [1.807, 2.05) is 82.2 Å². The van der Waals surface area contributed by atoms with E-state index in [-0.39, 0.29) is 16.4 Å². The van der Waals surface area contributed by atoms with Crippen LogP contribution in [0.5, 0.6) is 0 Å². The maximum atomic E-state index is 14.7. The maximum Gasteiger partial charge on any atom is 0.679 e. The van der Waals surface area contributed by atoms with E-state index >= 15 is 0 Å². The van der Waals surface area contributed by atoms with Gasteiger partial charge < -0.3 is 9.38 Å². The van der Waals surface area contributed by atoms with Gasteiger partial charge in [0.15, 0.2) is 0 Å². The van der Waals surface area contributed by atoms with Gasteiger partial charge in [0.1, 0.15) is 5.82 Å². The number of allylic oxidation sites excluding steroid dienone is 2. The van der Waals surface area contributed by atoms with Crippen molar-refractivity contribution in [3.05, 3.63) is 107 Å². The van der Waals surface area contributed by atoms with Gasteiger partial charge in [-0.2, -0.15) is 0 Å². The number of rotatable bonds is 7. The molecule has 3 aromatic carbocycles. The Labute approximate surface area is 233 Å². The van der Waals surface area contributed by atoms with Crippen LogP contribution in [0.4, 0.5) is 20.1 Å². The first kappa shape index (κ1) is 27.4. The predicted octanol–water partition coefficient (Wildman–Crippen LogP) is 6.77. The zero-order valence-electron chi connectivity index (χ0n) is 22.9. The number of hydrogen-bond acceptors (Lipinski definition) is 4. The van der Waals surface area contributed by atoms with Gasteiger partial charge in [0.2, 0.25) is 0 Å². The SMILES string of the molecule is CC1=CC(C)=N/C1=C(/c1ccc(C)cc1)c1ccc(NS(=O)(=O)c2cccc3c(N(C)C)cccc23)n1B(F)F. The molecule has 2 heterocycles. The van der Waals surface area contributed by atoms with Crippen molar-refractivity contribution in [2.24, 2.45) is 4.99 Å². The van der Waals surface area contributed by atoms with Crippen molar-refractivity contribution in [3.8, 4) is 0 Å². The molecule has 0 fully saturated rings. The molecule has 1 aliphatic rings. The van der Waals surface area contributed by atoms with Crippen molar-refractivity contribution in [2.75, 3.05) is 23.7 Å². The van der Waals surface area contributed by atoms with Gasteiger partial charge in [-0.25, -0.2) is 8.42 Å². The van der Waals surface area contributed by atoms with E-state index < -0.39 is 17.4 Å². The molecule has 40 heavy (non-hydrogen) atoms. The number of fused-ring (bicyclic) bond motifs is 1. The summed E-state index contributed by atoms with van der Waals surface area (Å²) in [7, 11) is -3.51. The summed E-state index contributed by atoms with van der Waals surface area (Å²) in [5, 5.41) is 1.24. The van der Waals surface area contributed by atoms with Crippen molar-refractivity contribution >= 4 is 51.0 Å². The van der Waals surface area contributed by atoms with E-state index in [9.17, 15) is 17.0 Å². The summed E-state index contributed by atoms with van der Waals surface area (Å²) >= 11 is 0. The van der Waals surface area contributed by atoms with Crippen LogP contribution in [0.3, 0.4) is 0 Å². The number of anilines is 2. The van der Waals surface area contributed by atoms with Crippen molar-refractivity contribution in [1.82, 2.24) is 4.48 Å². The molecule has 10 heteroatoms. The first-order valence-electron chi connectivity index (χ1n) is 12.7. The Morgan fingerprint density at radius 1 is 0.900 bits per heavy atom. The molecule has 0 amide bonds. The molecule has 0 bridgehead atoms. The third-order valence-electron chi connectivity index (χ3n) is 6.90. The van der Waals surface area contributed by atoms with Crippen LogP contribution < -0.4 is 9.62 Å². The van der Waals surface area contributed by atoms with Crippen LogP contribution in [0.2, 0.25) is 0 Å². The highest BCUT2D eigenvalue weighted by Gasteiger charge is 2.30. The van der Waals surface area contributed by atoms with Crippen LogP contribution in [0, 0.1) is 6.92 Å². The van der Waals surface area contributed by atoms with Crippen molar-refractivity contribution in [2.45, 2.75) is 25.7 Å². The number of halogens is 2. The lowest BCUT2D eigenvalue weighted by molar-refractivity contribution is 0.601. The van der Waals surface area contributed by atoms with Gasteiger partial charge in [-0.3, -0.25) is 18.3 Å². The average molecular weight is 558 g/mol. The van der Waals surface area contributed by atoms with Gasteiger partial charge in [0.25, 0.3) is 10.0 Å². The summed E-state index contributed by atoms with van der Waals surface area (Å²) in [5.41, 5.74) is 5.40. The predicted molar refractivity (Wildman–Crippen MR) is 161 cm³/mol. The van der Waals surface area contributed by atoms with Crippen LogP contribution >= 0.6 is 0 Å². The van der Waals surface area contributed by atoms with Gasteiger partial charge in [-0.05, 0) is 62.2 Å². The zero-order chi connectivity index (χ0) is 28.8. The molecule has 4 aromatic rings. The highest BCUT2D eigenvalue weighted by Crippen LogP contribution is 2.37. The van der Waals surface area contributed by atoms with Gasteiger partial charge in [-0.1, -0.05) is 54.1 Å². The lowest BCUT2D eigenvalue weighted by Gasteiger charge is -2.18. The Hall–Kier alpha value is -4.18. The number of benzene rings is 3. The molecule has 0 atom stereocenters. The highest BCUT2D eigenvalue weighted by molar-refractivity contribution is 7.93. The minimum absolute atomic E-state index is 0.00387. The van der Waals surface area contributed by atoms with E-state index in [4.69, 9.17) is 0 Å². The minimum Gasteiger partial charge on any atom is -0.377 e. The molecule has 204 valence electrons. The third-order valence-corrected chi connectivity index (χ3v) is 8.32. The molecule has 0 radical (unpaired) electrons.